The molecule has 4 nitrogen and oxygen atoms in total. The number of rotatable bonds is 1. The quantitative estimate of drug-likeness (QED) is 0.568. The van der Waals surface area contributed by atoms with Gasteiger partial charge >= 0.3 is 6.18 Å². The molecular weight excluding hydrogens is 257 g/mol. The number of hydrogen-bond donors (Lipinski definition) is 1. The lowest BCUT2D eigenvalue weighted by molar-refractivity contribution is -0.229. The van der Waals surface area contributed by atoms with Gasteiger partial charge in [-0.15, -0.1) is 11.8 Å². The summed E-state index contributed by atoms with van der Waals surface area (Å²) in [6.07, 6.45) is -4.46. The summed E-state index contributed by atoms with van der Waals surface area (Å²) in [5.74, 6) is -0.801. The van der Waals surface area contributed by atoms with Crippen molar-refractivity contribution >= 4 is 17.7 Å². The Labute approximate surface area is 101 Å². The number of carbonyl (C=O) groups excluding carboxylic acids is 1. The van der Waals surface area contributed by atoms with Crippen LogP contribution < -0.4 is 5.73 Å². The zero-order valence-corrected chi connectivity index (χ0v) is 10.4. The predicted molar refractivity (Wildman–Crippen MR) is 56.1 cm³/mol. The van der Waals surface area contributed by atoms with Gasteiger partial charge in [0.2, 0.25) is 5.72 Å². The summed E-state index contributed by atoms with van der Waals surface area (Å²) in [6.45, 7) is 2.91. The summed E-state index contributed by atoms with van der Waals surface area (Å²) in [5.41, 5.74) is 4.03. The van der Waals surface area contributed by atoms with Gasteiger partial charge < -0.3 is 9.64 Å². The summed E-state index contributed by atoms with van der Waals surface area (Å²) in [7, 11) is 1.23. The van der Waals surface area contributed by atoms with Crippen LogP contribution in [0.5, 0.6) is 0 Å². The Hall–Kier alpha value is -0.470. The molecule has 3 atom stereocenters. The van der Waals surface area contributed by atoms with Crippen molar-refractivity contribution in [1.29, 1.82) is 0 Å². The maximum Gasteiger partial charge on any atom is 0.410 e. The van der Waals surface area contributed by atoms with E-state index >= 15 is 0 Å². The van der Waals surface area contributed by atoms with Crippen LogP contribution in [0.3, 0.4) is 0 Å². The number of fused-ring (bicyclic) bond motifs is 1. The monoisotopic (exact) mass is 270 g/mol. The summed E-state index contributed by atoms with van der Waals surface area (Å²) in [5, 5.41) is -0.776. The Bertz CT molecular complexity index is 374. The van der Waals surface area contributed by atoms with Crippen molar-refractivity contribution in [2.75, 3.05) is 7.11 Å². The lowest BCUT2D eigenvalue weighted by Gasteiger charge is -2.50. The average molecular weight is 270 g/mol. The number of halogens is 3. The van der Waals surface area contributed by atoms with E-state index in [1.165, 1.54) is 21.0 Å². The van der Waals surface area contributed by atoms with Crippen molar-refractivity contribution in [2.45, 2.75) is 41.9 Å². The van der Waals surface area contributed by atoms with Gasteiger partial charge in [-0.3, -0.25) is 10.5 Å². The lowest BCUT2D eigenvalue weighted by Crippen LogP contribution is -2.79. The lowest BCUT2D eigenvalue weighted by atomic mass is 9.94. The fourth-order valence-corrected chi connectivity index (χ4v) is 4.03. The summed E-state index contributed by atoms with van der Waals surface area (Å²) in [4.78, 5) is 12.5. The van der Waals surface area contributed by atoms with Crippen molar-refractivity contribution in [1.82, 2.24) is 4.90 Å². The molecule has 2 rings (SSSR count). The molecule has 17 heavy (non-hydrogen) atoms. The first-order valence-electron chi connectivity index (χ1n) is 4.97. The molecule has 2 N–H and O–H groups in total. The van der Waals surface area contributed by atoms with Gasteiger partial charge in [-0.2, -0.15) is 13.2 Å². The molecule has 0 saturated carbocycles. The molecule has 2 saturated heterocycles. The first-order valence-corrected chi connectivity index (χ1v) is 5.85. The highest BCUT2D eigenvalue weighted by Gasteiger charge is 2.74. The van der Waals surface area contributed by atoms with Gasteiger partial charge in [0, 0.05) is 11.9 Å². The van der Waals surface area contributed by atoms with Gasteiger partial charge in [0.1, 0.15) is 11.4 Å². The highest BCUT2D eigenvalue weighted by atomic mass is 32.2. The van der Waals surface area contributed by atoms with Crippen molar-refractivity contribution in [3.05, 3.63) is 0 Å². The van der Waals surface area contributed by atoms with Crippen LogP contribution in [0.15, 0.2) is 0 Å². The molecule has 8 heteroatoms. The molecule has 0 aliphatic carbocycles. The van der Waals surface area contributed by atoms with E-state index < -0.39 is 34.0 Å². The number of nitrogens with two attached hydrogens (primary N) is 1. The van der Waals surface area contributed by atoms with Crippen LogP contribution >= 0.6 is 11.8 Å². The number of thioether (sulfide) groups is 1. The second kappa shape index (κ2) is 3.30. The molecule has 0 aromatic carbocycles. The Kier molecular flexibility index (Phi) is 2.52. The highest BCUT2D eigenvalue weighted by molar-refractivity contribution is 8.01. The predicted octanol–water partition coefficient (Wildman–Crippen LogP) is 0.912. The number of carbonyl (C=O) groups is 1. The van der Waals surface area contributed by atoms with Crippen molar-refractivity contribution < 1.29 is 22.7 Å². The molecule has 0 bridgehead atoms. The molecule has 1 amide bonds. The van der Waals surface area contributed by atoms with Gasteiger partial charge in [-0.1, -0.05) is 0 Å². The van der Waals surface area contributed by atoms with Crippen LogP contribution in [0.2, 0.25) is 0 Å². The van der Waals surface area contributed by atoms with Crippen LogP contribution in [-0.4, -0.2) is 46.0 Å². The maximum absolute atomic E-state index is 13.0. The summed E-state index contributed by atoms with van der Waals surface area (Å²) < 4.78 is 42.6. The first kappa shape index (κ1) is 13.0. The van der Waals surface area contributed by atoms with Crippen molar-refractivity contribution in [3.63, 3.8) is 0 Å². The van der Waals surface area contributed by atoms with Gasteiger partial charge in [-0.25, -0.2) is 0 Å². The Morgan fingerprint density at radius 1 is 1.47 bits per heavy atom. The molecule has 2 fully saturated rings. The molecule has 0 radical (unpaired) electrons. The molecule has 0 spiro atoms. The van der Waals surface area contributed by atoms with E-state index in [9.17, 15) is 18.0 Å². The van der Waals surface area contributed by atoms with E-state index in [2.05, 4.69) is 0 Å². The highest BCUT2D eigenvalue weighted by Crippen LogP contribution is 2.57. The topological polar surface area (TPSA) is 55.6 Å². The minimum Gasteiger partial charge on any atom is -0.353 e. The van der Waals surface area contributed by atoms with Crippen LogP contribution in [0.4, 0.5) is 13.2 Å². The normalized spacial score (nSPS) is 40.2. The third-order valence-corrected chi connectivity index (χ3v) is 4.82. The second-order valence-electron chi connectivity index (χ2n) is 4.73. The molecular formula is C9H13F3N2O2S. The van der Waals surface area contributed by atoms with E-state index in [0.29, 0.717) is 0 Å². The number of ether oxygens (including phenoxy) is 1. The van der Waals surface area contributed by atoms with Crippen molar-refractivity contribution in [3.8, 4) is 0 Å². The van der Waals surface area contributed by atoms with E-state index in [1.807, 2.05) is 0 Å². The van der Waals surface area contributed by atoms with Crippen molar-refractivity contribution in [2.24, 2.45) is 5.73 Å². The molecule has 2 unspecified atom stereocenters. The Morgan fingerprint density at radius 2 is 2.00 bits per heavy atom. The Balaban J connectivity index is 2.37. The van der Waals surface area contributed by atoms with Gasteiger partial charge in [0.05, 0.1) is 0 Å². The zero-order valence-electron chi connectivity index (χ0n) is 9.54. The number of alkyl halides is 3. The third kappa shape index (κ3) is 1.50. The average Bonchev–Trinajstić information content (AvgIpc) is 2.46. The van der Waals surface area contributed by atoms with E-state index in [4.69, 9.17) is 10.5 Å². The fraction of sp³-hybridized carbons (Fsp3) is 0.889. The number of nitrogens with zero attached hydrogens (tertiary/aromatic N) is 1. The largest absolute Gasteiger partial charge is 0.410 e. The van der Waals surface area contributed by atoms with E-state index in [0.717, 1.165) is 16.7 Å². The molecule has 2 aliphatic heterocycles. The zero-order chi connectivity index (χ0) is 13.2. The standard InChI is InChI=1S/C9H13F3N2O2S/c1-7(2)4(9(10,11)12)14-5(15)8(13,16-3)6(14)17-7/h4,6H,13H2,1-3H3/t4?,6?,8-/m0/s1. The summed E-state index contributed by atoms with van der Waals surface area (Å²) in [6, 6.07) is -1.82. The molecule has 0 aromatic heterocycles. The fourth-order valence-electron chi connectivity index (χ4n) is 2.38. The number of amides is 1. The SMILES string of the molecule is CO[C@@]1(N)C(=O)N2C(C(F)(F)F)C(C)(C)SC21. The number of hydrogen-bond acceptors (Lipinski definition) is 4. The number of β-lactam (4-membered cyclic amide) rings is 1. The number of methoxy groups -OCH3 is 1. The molecule has 98 valence electrons. The van der Waals surface area contributed by atoms with Gasteiger partial charge in [0.15, 0.2) is 0 Å². The van der Waals surface area contributed by atoms with E-state index in [-0.39, 0.29) is 0 Å². The van der Waals surface area contributed by atoms with Crippen LogP contribution in [0, 0.1) is 0 Å². The minimum absolute atomic E-state index is 0.776. The minimum atomic E-state index is -4.46. The Morgan fingerprint density at radius 3 is 2.41 bits per heavy atom. The van der Waals surface area contributed by atoms with E-state index in [1.54, 1.807) is 0 Å². The first-order chi connectivity index (χ1) is 7.55. The maximum atomic E-state index is 13.0. The van der Waals surface area contributed by atoms with Gasteiger partial charge in [-0.05, 0) is 13.8 Å². The van der Waals surface area contributed by atoms with Crippen LogP contribution in [0.25, 0.3) is 0 Å². The van der Waals surface area contributed by atoms with Crippen LogP contribution in [-0.2, 0) is 9.53 Å². The third-order valence-electron chi connectivity index (χ3n) is 3.19. The van der Waals surface area contributed by atoms with Gasteiger partial charge in [0.25, 0.3) is 5.91 Å². The second-order valence-corrected chi connectivity index (χ2v) is 6.46. The smallest absolute Gasteiger partial charge is 0.353 e. The molecule has 2 heterocycles. The molecule has 0 aromatic rings. The molecule has 2 aliphatic rings. The summed E-state index contributed by atoms with van der Waals surface area (Å²) >= 11 is 1.02. The van der Waals surface area contributed by atoms with Crippen LogP contribution in [0.1, 0.15) is 13.8 Å².